The number of pyridine rings is 1. The first kappa shape index (κ1) is 25.0. The summed E-state index contributed by atoms with van der Waals surface area (Å²) in [7, 11) is 1.57. The minimum Gasteiger partial charge on any atom is -0.496 e. The Labute approximate surface area is 215 Å². The summed E-state index contributed by atoms with van der Waals surface area (Å²) in [6.45, 7) is 8.25. The molecule has 2 fully saturated rings. The summed E-state index contributed by atoms with van der Waals surface area (Å²) in [5, 5.41) is 0.882. The van der Waals surface area contributed by atoms with E-state index in [0.29, 0.717) is 55.9 Å². The molecule has 5 rings (SSSR count). The Morgan fingerprint density at radius 2 is 1.76 bits per heavy atom. The Hall–Kier alpha value is -3.70. The monoisotopic (exact) mass is 508 g/mol. The molecule has 0 unspecified atom stereocenters. The van der Waals surface area contributed by atoms with Crippen LogP contribution < -0.4 is 20.3 Å². The van der Waals surface area contributed by atoms with Crippen LogP contribution in [0.3, 0.4) is 0 Å². The van der Waals surface area contributed by atoms with E-state index in [1.807, 2.05) is 30.3 Å². The highest BCUT2D eigenvalue weighted by atomic mass is 16.5. The van der Waals surface area contributed by atoms with Gasteiger partial charge in [0, 0.05) is 24.2 Å². The van der Waals surface area contributed by atoms with Crippen LogP contribution in [0.15, 0.2) is 30.3 Å². The number of carbonyl (C=O) groups is 1. The number of nitrogens with zero attached hydrogens (tertiary/aromatic N) is 5. The molecule has 2 aliphatic rings. The molecule has 0 spiro atoms. The molecule has 11 nitrogen and oxygen atoms in total. The van der Waals surface area contributed by atoms with Crippen molar-refractivity contribution in [2.75, 3.05) is 56.4 Å². The number of anilines is 2. The number of hydrogen-bond donors (Lipinski definition) is 1. The largest absolute Gasteiger partial charge is 0.496 e. The van der Waals surface area contributed by atoms with E-state index in [-0.39, 0.29) is 18.7 Å². The van der Waals surface area contributed by atoms with Crippen molar-refractivity contribution in [2.45, 2.75) is 32.5 Å². The fourth-order valence-electron chi connectivity index (χ4n) is 4.76. The minimum atomic E-state index is -0.845. The van der Waals surface area contributed by atoms with E-state index in [1.54, 1.807) is 7.11 Å². The second kappa shape index (κ2) is 10.7. The molecule has 0 aliphatic carbocycles. The SMILES string of the molecule is COc1ccc(-c2ccc3c(N4CCOC[C@@H]4C)nc(N4CCOC[C@@H]4C)nc3n2)cc1COC(N)=O. The van der Waals surface area contributed by atoms with Gasteiger partial charge in [0.2, 0.25) is 5.95 Å². The van der Waals surface area contributed by atoms with Gasteiger partial charge in [-0.05, 0) is 44.2 Å². The number of primary amides is 1. The lowest BCUT2D eigenvalue weighted by Gasteiger charge is -2.37. The van der Waals surface area contributed by atoms with Gasteiger partial charge in [-0.3, -0.25) is 0 Å². The van der Waals surface area contributed by atoms with Gasteiger partial charge in [-0.25, -0.2) is 9.78 Å². The molecule has 3 aromatic rings. The quantitative estimate of drug-likeness (QED) is 0.531. The third-order valence-corrected chi connectivity index (χ3v) is 6.74. The Bertz CT molecular complexity index is 1290. The molecule has 4 heterocycles. The maximum Gasteiger partial charge on any atom is 0.404 e. The van der Waals surface area contributed by atoms with Gasteiger partial charge in [-0.15, -0.1) is 0 Å². The second-order valence-electron chi connectivity index (χ2n) is 9.28. The molecule has 2 saturated heterocycles. The lowest BCUT2D eigenvalue weighted by molar-refractivity contribution is 0.0973. The average molecular weight is 509 g/mol. The molecule has 0 saturated carbocycles. The van der Waals surface area contributed by atoms with E-state index < -0.39 is 6.09 Å². The number of hydrogen-bond acceptors (Lipinski definition) is 10. The van der Waals surface area contributed by atoms with E-state index >= 15 is 0 Å². The fourth-order valence-corrected chi connectivity index (χ4v) is 4.76. The molecular formula is C26H32N6O5. The van der Waals surface area contributed by atoms with Crippen LogP contribution in [0.5, 0.6) is 5.75 Å². The second-order valence-corrected chi connectivity index (χ2v) is 9.28. The number of methoxy groups -OCH3 is 1. The van der Waals surface area contributed by atoms with Crippen LogP contribution in [0.25, 0.3) is 22.3 Å². The minimum absolute atomic E-state index is 0.000231. The van der Waals surface area contributed by atoms with Crippen LogP contribution in [0.2, 0.25) is 0 Å². The van der Waals surface area contributed by atoms with Crippen molar-refractivity contribution in [2.24, 2.45) is 5.73 Å². The number of fused-ring (bicyclic) bond motifs is 1. The van der Waals surface area contributed by atoms with Gasteiger partial charge >= 0.3 is 6.09 Å². The summed E-state index contributed by atoms with van der Waals surface area (Å²) < 4.78 is 21.7. The van der Waals surface area contributed by atoms with Crippen molar-refractivity contribution in [1.82, 2.24) is 15.0 Å². The highest BCUT2D eigenvalue weighted by Crippen LogP contribution is 2.32. The molecule has 0 radical (unpaired) electrons. The summed E-state index contributed by atoms with van der Waals surface area (Å²) in [6.07, 6.45) is -0.845. The Kier molecular flexibility index (Phi) is 7.24. The Balaban J connectivity index is 1.60. The van der Waals surface area contributed by atoms with Crippen LogP contribution in [-0.4, -0.2) is 79.8 Å². The van der Waals surface area contributed by atoms with Gasteiger partial charge in [0.1, 0.15) is 18.2 Å². The molecule has 2 aliphatic heterocycles. The standard InChI is InChI=1S/C26H32N6O5/c1-16-13-35-10-8-31(16)24-20-5-6-21(18-4-7-22(34-3)19(12-18)15-37-25(27)33)28-23(20)29-26(30-24)32-9-11-36-14-17(32)2/h4-7,12,16-17H,8-11,13-15H2,1-3H3,(H2,27,33)/t16-,17-/m0/s1. The molecule has 1 aromatic carbocycles. The molecule has 196 valence electrons. The number of ether oxygens (including phenoxy) is 4. The van der Waals surface area contributed by atoms with Crippen LogP contribution in [-0.2, 0) is 20.8 Å². The molecule has 2 aromatic heterocycles. The lowest BCUT2D eigenvalue weighted by atomic mass is 10.1. The number of carbonyl (C=O) groups excluding carboxylic acids is 1. The number of benzene rings is 1. The van der Waals surface area contributed by atoms with Crippen molar-refractivity contribution in [1.29, 1.82) is 0 Å². The topological polar surface area (TPSA) is 125 Å². The van der Waals surface area contributed by atoms with Gasteiger partial charge in [0.25, 0.3) is 0 Å². The Morgan fingerprint density at radius 3 is 2.43 bits per heavy atom. The number of rotatable bonds is 6. The third-order valence-electron chi connectivity index (χ3n) is 6.74. The van der Waals surface area contributed by atoms with Gasteiger partial charge in [0.15, 0.2) is 5.65 Å². The van der Waals surface area contributed by atoms with Crippen molar-refractivity contribution < 1.29 is 23.7 Å². The van der Waals surface area contributed by atoms with E-state index in [4.69, 9.17) is 39.6 Å². The first-order valence-electron chi connectivity index (χ1n) is 12.4. The number of morpholine rings is 2. The van der Waals surface area contributed by atoms with E-state index in [9.17, 15) is 4.79 Å². The highest BCUT2D eigenvalue weighted by Gasteiger charge is 2.27. The van der Waals surface area contributed by atoms with Crippen molar-refractivity contribution in [3.8, 4) is 17.0 Å². The van der Waals surface area contributed by atoms with Crippen molar-refractivity contribution in [3.63, 3.8) is 0 Å². The lowest BCUT2D eigenvalue weighted by Crippen LogP contribution is -2.46. The number of amides is 1. The van der Waals surface area contributed by atoms with Crippen LogP contribution in [0, 0.1) is 0 Å². The maximum atomic E-state index is 11.2. The zero-order valence-corrected chi connectivity index (χ0v) is 21.3. The maximum absolute atomic E-state index is 11.2. The number of nitrogens with two attached hydrogens (primary N) is 1. The fraction of sp³-hybridized carbons (Fsp3) is 0.462. The molecule has 37 heavy (non-hydrogen) atoms. The highest BCUT2D eigenvalue weighted by molar-refractivity contribution is 5.90. The summed E-state index contributed by atoms with van der Waals surface area (Å²) in [4.78, 5) is 30.5. The van der Waals surface area contributed by atoms with E-state index in [1.165, 1.54) is 0 Å². The first-order chi connectivity index (χ1) is 17.9. The summed E-state index contributed by atoms with van der Waals surface area (Å²) in [5.41, 5.74) is 8.03. The normalized spacial score (nSPS) is 20.2. The average Bonchev–Trinajstić information content (AvgIpc) is 2.91. The summed E-state index contributed by atoms with van der Waals surface area (Å²) >= 11 is 0. The molecular weight excluding hydrogens is 476 g/mol. The molecule has 1 amide bonds. The zero-order chi connectivity index (χ0) is 25.9. The van der Waals surface area contributed by atoms with Crippen LogP contribution in [0.1, 0.15) is 19.4 Å². The van der Waals surface area contributed by atoms with Crippen LogP contribution in [0.4, 0.5) is 16.6 Å². The summed E-state index contributed by atoms with van der Waals surface area (Å²) in [5.74, 6) is 2.10. The smallest absolute Gasteiger partial charge is 0.404 e. The van der Waals surface area contributed by atoms with E-state index in [2.05, 4.69) is 23.6 Å². The number of aromatic nitrogens is 3. The van der Waals surface area contributed by atoms with Gasteiger partial charge in [-0.1, -0.05) is 0 Å². The molecule has 11 heteroatoms. The van der Waals surface area contributed by atoms with Gasteiger partial charge < -0.3 is 34.5 Å². The van der Waals surface area contributed by atoms with E-state index in [0.717, 1.165) is 29.0 Å². The first-order valence-corrected chi connectivity index (χ1v) is 12.4. The zero-order valence-electron chi connectivity index (χ0n) is 21.3. The third kappa shape index (κ3) is 5.23. The predicted octanol–water partition coefficient (Wildman–Crippen LogP) is 2.75. The van der Waals surface area contributed by atoms with Gasteiger partial charge in [-0.2, -0.15) is 9.97 Å². The summed E-state index contributed by atoms with van der Waals surface area (Å²) in [6, 6.07) is 9.92. The molecule has 2 atom stereocenters. The molecule has 2 N–H and O–H groups in total. The Morgan fingerprint density at radius 1 is 1.03 bits per heavy atom. The predicted molar refractivity (Wildman–Crippen MR) is 139 cm³/mol. The molecule has 0 bridgehead atoms. The van der Waals surface area contributed by atoms with Gasteiger partial charge in [0.05, 0.1) is 56.7 Å². The van der Waals surface area contributed by atoms with Crippen molar-refractivity contribution >= 4 is 28.9 Å². The van der Waals surface area contributed by atoms with Crippen LogP contribution >= 0.6 is 0 Å². The van der Waals surface area contributed by atoms with Crippen molar-refractivity contribution in [3.05, 3.63) is 35.9 Å².